The molecule has 0 bridgehead atoms. The lowest BCUT2D eigenvalue weighted by Crippen LogP contribution is -2.56. The zero-order valence-corrected chi connectivity index (χ0v) is 18.5. The highest BCUT2D eigenvalue weighted by Crippen LogP contribution is 2.51. The van der Waals surface area contributed by atoms with Crippen LogP contribution in [0.1, 0.15) is 70.8 Å². The van der Waals surface area contributed by atoms with Crippen molar-refractivity contribution in [1.29, 1.82) is 0 Å². The summed E-state index contributed by atoms with van der Waals surface area (Å²) in [5.41, 5.74) is 2.63. The van der Waals surface area contributed by atoms with E-state index in [1.165, 1.54) is 5.56 Å². The van der Waals surface area contributed by atoms with E-state index in [4.69, 9.17) is 13.9 Å². The average molecular weight is 403 g/mol. The second-order valence-electron chi connectivity index (χ2n) is 9.41. The Labute approximate surface area is 173 Å². The molecule has 2 aliphatic carbocycles. The SMILES string of the molecule is CC=C(C)C(=O)OC1CCC2Cc3occ(C)c3CC2(C)C1OC(=O)CC(C)C. The van der Waals surface area contributed by atoms with Gasteiger partial charge < -0.3 is 13.9 Å². The second-order valence-corrected chi connectivity index (χ2v) is 9.41. The molecule has 1 heterocycles. The maximum absolute atomic E-state index is 12.6. The Kier molecular flexibility index (Phi) is 6.25. The van der Waals surface area contributed by atoms with Gasteiger partial charge in [-0.25, -0.2) is 4.79 Å². The molecule has 160 valence electrons. The van der Waals surface area contributed by atoms with Crippen LogP contribution in [0.3, 0.4) is 0 Å². The molecule has 0 N–H and O–H groups in total. The number of furan rings is 1. The van der Waals surface area contributed by atoms with Gasteiger partial charge in [0.2, 0.25) is 0 Å². The number of carbonyl (C=O) groups excluding carboxylic acids is 2. The van der Waals surface area contributed by atoms with Crippen molar-refractivity contribution < 1.29 is 23.5 Å². The van der Waals surface area contributed by atoms with Crippen LogP contribution in [-0.2, 0) is 31.9 Å². The molecule has 4 atom stereocenters. The third kappa shape index (κ3) is 4.29. The highest BCUT2D eigenvalue weighted by atomic mass is 16.6. The van der Waals surface area contributed by atoms with E-state index < -0.39 is 12.2 Å². The minimum Gasteiger partial charge on any atom is -0.469 e. The van der Waals surface area contributed by atoms with Gasteiger partial charge in [0.25, 0.3) is 0 Å². The molecule has 4 unspecified atom stereocenters. The van der Waals surface area contributed by atoms with Crippen LogP contribution in [0.5, 0.6) is 0 Å². The van der Waals surface area contributed by atoms with Gasteiger partial charge in [0.1, 0.15) is 18.0 Å². The first-order chi connectivity index (χ1) is 13.7. The molecule has 5 heteroatoms. The minimum atomic E-state index is -0.455. The predicted octanol–water partition coefficient (Wildman–Crippen LogP) is 4.94. The van der Waals surface area contributed by atoms with Crippen LogP contribution in [0, 0.1) is 24.2 Å². The van der Waals surface area contributed by atoms with E-state index in [1.807, 2.05) is 27.0 Å². The summed E-state index contributed by atoms with van der Waals surface area (Å²) in [6, 6.07) is 0. The lowest BCUT2D eigenvalue weighted by Gasteiger charge is -2.51. The number of hydrogen-bond acceptors (Lipinski definition) is 5. The van der Waals surface area contributed by atoms with Gasteiger partial charge in [0.05, 0.1) is 6.26 Å². The first-order valence-corrected chi connectivity index (χ1v) is 10.7. The Bertz CT molecular complexity index is 802. The Morgan fingerprint density at radius 1 is 1.31 bits per heavy atom. The van der Waals surface area contributed by atoms with Crippen molar-refractivity contribution >= 4 is 11.9 Å². The molecular formula is C24H34O5. The third-order valence-corrected chi connectivity index (χ3v) is 6.75. The summed E-state index contributed by atoms with van der Waals surface area (Å²) in [5.74, 6) is 1.05. The standard InChI is InChI=1S/C24H34O5/c1-7-15(4)23(26)28-19-9-8-17-11-20-18(16(5)13-27-20)12-24(17,6)22(19)29-21(25)10-14(2)3/h7,13-14,17,19,22H,8-12H2,1-6H3. The van der Waals surface area contributed by atoms with E-state index in [0.717, 1.165) is 30.6 Å². The predicted molar refractivity (Wildman–Crippen MR) is 110 cm³/mol. The van der Waals surface area contributed by atoms with Crippen LogP contribution < -0.4 is 0 Å². The van der Waals surface area contributed by atoms with E-state index in [1.54, 1.807) is 13.0 Å². The Morgan fingerprint density at radius 3 is 2.69 bits per heavy atom. The maximum atomic E-state index is 12.6. The van der Waals surface area contributed by atoms with Gasteiger partial charge in [-0.15, -0.1) is 0 Å². The molecule has 2 aliphatic rings. The summed E-state index contributed by atoms with van der Waals surface area (Å²) in [6.07, 6.45) is 6.26. The van der Waals surface area contributed by atoms with Gasteiger partial charge in [-0.2, -0.15) is 0 Å². The molecule has 0 amide bonds. The van der Waals surface area contributed by atoms with Crippen molar-refractivity contribution in [1.82, 2.24) is 0 Å². The van der Waals surface area contributed by atoms with E-state index in [2.05, 4.69) is 13.8 Å². The molecule has 3 rings (SSSR count). The van der Waals surface area contributed by atoms with Crippen molar-refractivity contribution in [2.24, 2.45) is 17.3 Å². The van der Waals surface area contributed by atoms with E-state index >= 15 is 0 Å². The van der Waals surface area contributed by atoms with E-state index in [-0.39, 0.29) is 23.3 Å². The van der Waals surface area contributed by atoms with Crippen molar-refractivity contribution in [2.45, 2.75) is 85.9 Å². The molecule has 0 aromatic carbocycles. The summed E-state index contributed by atoms with van der Waals surface area (Å²) < 4.78 is 17.7. The molecular weight excluding hydrogens is 368 g/mol. The lowest BCUT2D eigenvalue weighted by atomic mass is 9.58. The third-order valence-electron chi connectivity index (χ3n) is 6.75. The van der Waals surface area contributed by atoms with Crippen LogP contribution in [0.4, 0.5) is 0 Å². The van der Waals surface area contributed by atoms with Gasteiger partial charge in [-0.05, 0) is 63.0 Å². The average Bonchev–Trinajstić information content (AvgIpc) is 3.00. The van der Waals surface area contributed by atoms with Crippen molar-refractivity contribution in [3.63, 3.8) is 0 Å². The molecule has 1 aromatic rings. The number of allylic oxidation sites excluding steroid dienone is 1. The molecule has 0 radical (unpaired) electrons. The van der Waals surface area contributed by atoms with Gasteiger partial charge >= 0.3 is 11.9 Å². The number of fused-ring (bicyclic) bond motifs is 2. The summed E-state index contributed by atoms with van der Waals surface area (Å²) in [4.78, 5) is 25.1. The molecule has 0 spiro atoms. The number of carbonyl (C=O) groups is 2. The number of aryl methyl sites for hydroxylation is 1. The first-order valence-electron chi connectivity index (χ1n) is 10.7. The smallest absolute Gasteiger partial charge is 0.333 e. The van der Waals surface area contributed by atoms with Crippen LogP contribution >= 0.6 is 0 Å². The monoisotopic (exact) mass is 402 g/mol. The molecule has 1 aromatic heterocycles. The largest absolute Gasteiger partial charge is 0.469 e. The fourth-order valence-electron chi connectivity index (χ4n) is 4.82. The van der Waals surface area contributed by atoms with Gasteiger partial charge in [0.15, 0.2) is 0 Å². The fourth-order valence-corrected chi connectivity index (χ4v) is 4.82. The van der Waals surface area contributed by atoms with Gasteiger partial charge in [-0.3, -0.25) is 4.79 Å². The Balaban J connectivity index is 1.91. The molecule has 0 aliphatic heterocycles. The first kappa shape index (κ1) is 21.7. The molecule has 1 saturated carbocycles. The van der Waals surface area contributed by atoms with Crippen LogP contribution in [0.15, 0.2) is 22.3 Å². The minimum absolute atomic E-state index is 0.217. The quantitative estimate of drug-likeness (QED) is 0.516. The van der Waals surface area contributed by atoms with Crippen molar-refractivity contribution in [3.8, 4) is 0 Å². The number of rotatable bonds is 5. The van der Waals surface area contributed by atoms with E-state index in [9.17, 15) is 9.59 Å². The number of hydrogen-bond donors (Lipinski definition) is 0. The summed E-state index contributed by atoms with van der Waals surface area (Å²) in [5, 5.41) is 0. The van der Waals surface area contributed by atoms with Crippen molar-refractivity contribution in [3.05, 3.63) is 34.8 Å². The Hall–Kier alpha value is -2.04. The number of esters is 2. The molecule has 1 fully saturated rings. The van der Waals surface area contributed by atoms with Crippen LogP contribution in [0.25, 0.3) is 0 Å². The topological polar surface area (TPSA) is 65.7 Å². The zero-order chi connectivity index (χ0) is 21.3. The van der Waals surface area contributed by atoms with Crippen molar-refractivity contribution in [2.75, 3.05) is 0 Å². The van der Waals surface area contributed by atoms with Gasteiger partial charge in [0, 0.05) is 23.8 Å². The molecule has 29 heavy (non-hydrogen) atoms. The maximum Gasteiger partial charge on any atom is 0.333 e. The normalized spacial score (nSPS) is 29.2. The molecule has 5 nitrogen and oxygen atoms in total. The van der Waals surface area contributed by atoms with Gasteiger partial charge in [-0.1, -0.05) is 26.8 Å². The fraction of sp³-hybridized carbons (Fsp3) is 0.667. The second kappa shape index (κ2) is 8.37. The summed E-state index contributed by atoms with van der Waals surface area (Å²) >= 11 is 0. The highest BCUT2D eigenvalue weighted by Gasteiger charge is 2.54. The zero-order valence-electron chi connectivity index (χ0n) is 18.5. The van der Waals surface area contributed by atoms with E-state index in [0.29, 0.717) is 24.3 Å². The highest BCUT2D eigenvalue weighted by molar-refractivity contribution is 5.87. The van der Waals surface area contributed by atoms with Crippen LogP contribution in [-0.4, -0.2) is 24.1 Å². The Morgan fingerprint density at radius 2 is 2.03 bits per heavy atom. The summed E-state index contributed by atoms with van der Waals surface area (Å²) in [7, 11) is 0. The lowest BCUT2D eigenvalue weighted by molar-refractivity contribution is -0.193. The molecule has 0 saturated heterocycles. The van der Waals surface area contributed by atoms with Crippen LogP contribution in [0.2, 0.25) is 0 Å². The summed E-state index contributed by atoms with van der Waals surface area (Å²) in [6.45, 7) is 11.8. The number of ether oxygens (including phenoxy) is 2.